The molecule has 2 fully saturated rings. The van der Waals surface area contributed by atoms with Gasteiger partial charge in [0, 0.05) is 12.5 Å². The molecule has 1 heterocycles. The van der Waals surface area contributed by atoms with Crippen LogP contribution in [0.3, 0.4) is 0 Å². The van der Waals surface area contributed by atoms with E-state index in [-0.39, 0.29) is 17.2 Å². The van der Waals surface area contributed by atoms with Crippen molar-refractivity contribution in [2.24, 2.45) is 11.3 Å². The topological polar surface area (TPSA) is 61.4 Å². The van der Waals surface area contributed by atoms with Crippen LogP contribution in [0.4, 0.5) is 0 Å². The summed E-state index contributed by atoms with van der Waals surface area (Å²) in [7, 11) is 0. The van der Waals surface area contributed by atoms with Gasteiger partial charge in [-0.3, -0.25) is 4.79 Å². The molecule has 1 saturated heterocycles. The third-order valence-electron chi connectivity index (χ3n) is 4.54. The summed E-state index contributed by atoms with van der Waals surface area (Å²) in [5.41, 5.74) is -0.480. The minimum absolute atomic E-state index is 0.147. The van der Waals surface area contributed by atoms with Crippen LogP contribution in [0.1, 0.15) is 46.0 Å². The van der Waals surface area contributed by atoms with Crippen molar-refractivity contribution in [1.82, 2.24) is 10.6 Å². The lowest BCUT2D eigenvalue weighted by molar-refractivity contribution is -0.124. The highest BCUT2D eigenvalue weighted by atomic mass is 16.3. The van der Waals surface area contributed by atoms with Crippen molar-refractivity contribution >= 4 is 5.91 Å². The molecule has 1 aliphatic carbocycles. The van der Waals surface area contributed by atoms with Crippen molar-refractivity contribution in [3.63, 3.8) is 0 Å². The lowest BCUT2D eigenvalue weighted by Crippen LogP contribution is -2.42. The van der Waals surface area contributed by atoms with Crippen LogP contribution in [0, 0.1) is 11.3 Å². The van der Waals surface area contributed by atoms with E-state index in [2.05, 4.69) is 10.6 Å². The van der Waals surface area contributed by atoms with Crippen molar-refractivity contribution in [3.8, 4) is 0 Å². The van der Waals surface area contributed by atoms with Gasteiger partial charge >= 0.3 is 0 Å². The van der Waals surface area contributed by atoms with Gasteiger partial charge in [0.2, 0.25) is 5.91 Å². The van der Waals surface area contributed by atoms with Crippen LogP contribution in [0.15, 0.2) is 0 Å². The van der Waals surface area contributed by atoms with Gasteiger partial charge in [-0.25, -0.2) is 0 Å². The second-order valence-electron chi connectivity index (χ2n) is 6.33. The summed E-state index contributed by atoms with van der Waals surface area (Å²) in [5, 5.41) is 16.3. The Balaban J connectivity index is 1.76. The molecule has 1 amide bonds. The fraction of sp³-hybridized carbons (Fsp3) is 0.929. The summed E-state index contributed by atoms with van der Waals surface area (Å²) >= 11 is 0. The molecule has 2 rings (SSSR count). The van der Waals surface area contributed by atoms with Crippen molar-refractivity contribution in [1.29, 1.82) is 0 Å². The molecule has 0 aromatic rings. The largest absolute Gasteiger partial charge is 0.388 e. The highest BCUT2D eigenvalue weighted by Crippen LogP contribution is 2.58. The van der Waals surface area contributed by atoms with Crippen LogP contribution in [0.2, 0.25) is 0 Å². The summed E-state index contributed by atoms with van der Waals surface area (Å²) in [6.45, 7) is 6.30. The van der Waals surface area contributed by atoms with E-state index in [0.29, 0.717) is 6.54 Å². The lowest BCUT2D eigenvalue weighted by Gasteiger charge is -2.25. The molecule has 0 aromatic carbocycles. The molecule has 0 aromatic heterocycles. The third-order valence-corrected chi connectivity index (χ3v) is 4.54. The Labute approximate surface area is 110 Å². The van der Waals surface area contributed by atoms with E-state index in [1.807, 2.05) is 6.92 Å². The number of nitrogens with one attached hydrogen (secondary N) is 2. The monoisotopic (exact) mass is 254 g/mol. The number of hydrogen-bond acceptors (Lipinski definition) is 3. The number of carbonyl (C=O) groups is 1. The number of amides is 1. The molecule has 104 valence electrons. The van der Waals surface area contributed by atoms with Crippen LogP contribution in [-0.4, -0.2) is 36.2 Å². The van der Waals surface area contributed by atoms with Crippen LogP contribution in [-0.2, 0) is 4.79 Å². The fourth-order valence-corrected chi connectivity index (χ4v) is 3.22. The molecule has 0 radical (unpaired) electrons. The molecular weight excluding hydrogens is 228 g/mol. The molecular formula is C14H26N2O2. The summed E-state index contributed by atoms with van der Waals surface area (Å²) in [6, 6.07) is 0. The van der Waals surface area contributed by atoms with E-state index >= 15 is 0 Å². The van der Waals surface area contributed by atoms with E-state index in [0.717, 1.165) is 45.2 Å². The number of carbonyl (C=O) groups excluding carboxylic acids is 1. The van der Waals surface area contributed by atoms with Gasteiger partial charge in [-0.05, 0) is 51.1 Å². The highest BCUT2D eigenvalue weighted by molar-refractivity contribution is 5.82. The van der Waals surface area contributed by atoms with Crippen LogP contribution >= 0.6 is 0 Å². The minimum Gasteiger partial charge on any atom is -0.388 e. The van der Waals surface area contributed by atoms with E-state index in [4.69, 9.17) is 0 Å². The lowest BCUT2D eigenvalue weighted by atomic mass is 9.91. The smallest absolute Gasteiger partial charge is 0.223 e. The Morgan fingerprint density at radius 1 is 1.50 bits per heavy atom. The van der Waals surface area contributed by atoms with Crippen molar-refractivity contribution in [3.05, 3.63) is 0 Å². The average molecular weight is 254 g/mol. The first-order chi connectivity index (χ1) is 8.49. The van der Waals surface area contributed by atoms with E-state index in [9.17, 15) is 9.90 Å². The van der Waals surface area contributed by atoms with Gasteiger partial charge in [0.15, 0.2) is 0 Å². The number of piperidine rings is 1. The van der Waals surface area contributed by atoms with Gasteiger partial charge in [0.1, 0.15) is 0 Å². The van der Waals surface area contributed by atoms with E-state index in [1.165, 1.54) is 0 Å². The molecule has 18 heavy (non-hydrogen) atoms. The second kappa shape index (κ2) is 5.17. The Hall–Kier alpha value is -0.610. The predicted molar refractivity (Wildman–Crippen MR) is 71.2 cm³/mol. The van der Waals surface area contributed by atoms with Gasteiger partial charge in [-0.1, -0.05) is 13.3 Å². The molecule has 2 aliphatic rings. The summed E-state index contributed by atoms with van der Waals surface area (Å²) < 4.78 is 0. The SMILES string of the molecule is CCCC(C)(O)CNC(=O)C1CC12CCNCC2. The molecule has 4 heteroatoms. The van der Waals surface area contributed by atoms with Gasteiger partial charge < -0.3 is 15.7 Å². The molecule has 1 saturated carbocycles. The molecule has 1 aliphatic heterocycles. The standard InChI is InChI=1S/C14H26N2O2/c1-3-4-13(2,18)10-16-12(17)11-9-14(11)5-7-15-8-6-14/h11,15,18H,3-10H2,1-2H3,(H,16,17). The summed E-state index contributed by atoms with van der Waals surface area (Å²) in [5.74, 6) is 0.338. The molecule has 1 spiro atoms. The quantitative estimate of drug-likeness (QED) is 0.687. The number of hydrogen-bond donors (Lipinski definition) is 3. The summed E-state index contributed by atoms with van der Waals surface area (Å²) in [4.78, 5) is 12.1. The van der Waals surface area contributed by atoms with E-state index in [1.54, 1.807) is 6.92 Å². The predicted octanol–water partition coefficient (Wildman–Crippen LogP) is 1.04. The average Bonchev–Trinajstić information content (AvgIpc) is 3.01. The maximum absolute atomic E-state index is 12.1. The normalized spacial score (nSPS) is 28.7. The number of aliphatic hydroxyl groups is 1. The van der Waals surface area contributed by atoms with Crippen molar-refractivity contribution in [2.45, 2.75) is 51.6 Å². The maximum atomic E-state index is 12.1. The maximum Gasteiger partial charge on any atom is 0.223 e. The molecule has 4 nitrogen and oxygen atoms in total. The van der Waals surface area contributed by atoms with Gasteiger partial charge in [0.25, 0.3) is 0 Å². The minimum atomic E-state index is -0.763. The zero-order chi connectivity index (χ0) is 13.2. The Kier molecular flexibility index (Phi) is 3.97. The van der Waals surface area contributed by atoms with Crippen molar-refractivity contribution in [2.75, 3.05) is 19.6 Å². The molecule has 3 N–H and O–H groups in total. The van der Waals surface area contributed by atoms with E-state index < -0.39 is 5.60 Å². The van der Waals surface area contributed by atoms with Crippen LogP contribution in [0.25, 0.3) is 0 Å². The molecule has 2 unspecified atom stereocenters. The van der Waals surface area contributed by atoms with Crippen molar-refractivity contribution < 1.29 is 9.90 Å². The van der Waals surface area contributed by atoms with Gasteiger partial charge in [0.05, 0.1) is 5.60 Å². The van der Waals surface area contributed by atoms with Crippen LogP contribution < -0.4 is 10.6 Å². The zero-order valence-corrected chi connectivity index (χ0v) is 11.6. The van der Waals surface area contributed by atoms with Gasteiger partial charge in [-0.15, -0.1) is 0 Å². The number of rotatable bonds is 5. The Morgan fingerprint density at radius 3 is 2.78 bits per heavy atom. The summed E-state index contributed by atoms with van der Waals surface area (Å²) in [6.07, 6.45) is 4.94. The molecule has 2 atom stereocenters. The first-order valence-electron chi connectivity index (χ1n) is 7.20. The first-order valence-corrected chi connectivity index (χ1v) is 7.20. The molecule has 0 bridgehead atoms. The fourth-order valence-electron chi connectivity index (χ4n) is 3.22. The Morgan fingerprint density at radius 2 is 2.17 bits per heavy atom. The Bertz CT molecular complexity index is 309. The van der Waals surface area contributed by atoms with Gasteiger partial charge in [-0.2, -0.15) is 0 Å². The second-order valence-corrected chi connectivity index (χ2v) is 6.33. The highest BCUT2D eigenvalue weighted by Gasteiger charge is 2.57. The third kappa shape index (κ3) is 3.04. The zero-order valence-electron chi connectivity index (χ0n) is 11.6. The van der Waals surface area contributed by atoms with Crippen LogP contribution in [0.5, 0.6) is 0 Å². The first kappa shape index (κ1) is 13.8.